The molecule has 0 spiro atoms. The van der Waals surface area contributed by atoms with Gasteiger partial charge in [-0.25, -0.2) is 32.3 Å². The van der Waals surface area contributed by atoms with Crippen LogP contribution in [0.3, 0.4) is 0 Å². The molecule has 3 aromatic rings. The highest BCUT2D eigenvalue weighted by Crippen LogP contribution is 2.31. The lowest BCUT2D eigenvalue weighted by molar-refractivity contribution is 0.185. The zero-order chi connectivity index (χ0) is 26.7. The fourth-order valence-electron chi connectivity index (χ4n) is 4.10. The van der Waals surface area contributed by atoms with Crippen LogP contribution in [-0.4, -0.2) is 70.1 Å². The van der Waals surface area contributed by atoms with Crippen molar-refractivity contribution in [2.45, 2.75) is 44.3 Å². The molecule has 1 aliphatic heterocycles. The maximum atomic E-state index is 14.9. The molecule has 1 fully saturated rings. The van der Waals surface area contributed by atoms with Crippen LogP contribution in [0.15, 0.2) is 36.8 Å². The molecule has 0 amide bonds. The van der Waals surface area contributed by atoms with E-state index in [4.69, 9.17) is 18.2 Å². The number of halogens is 2. The Morgan fingerprint density at radius 1 is 1.32 bits per heavy atom. The number of alkyl halides is 1. The van der Waals surface area contributed by atoms with Crippen LogP contribution >= 0.6 is 11.6 Å². The number of nitrogens with zero attached hydrogens (tertiary/aromatic N) is 6. The number of aromatic nitrogens is 4. The number of benzene rings is 1. The van der Waals surface area contributed by atoms with Gasteiger partial charge in [0, 0.05) is 37.6 Å². The van der Waals surface area contributed by atoms with Gasteiger partial charge in [-0.3, -0.25) is 0 Å². The molecule has 0 aliphatic carbocycles. The number of rotatable bonds is 8. The molecule has 0 unspecified atom stereocenters. The molecule has 1 saturated heterocycles. The topological polar surface area (TPSA) is 109 Å². The predicted octanol–water partition coefficient (Wildman–Crippen LogP) is 3.82. The number of sulfonamides is 1. The molecule has 1 aliphatic rings. The second-order valence-electron chi connectivity index (χ2n) is 9.04. The first-order chi connectivity index (χ1) is 17.6. The van der Waals surface area contributed by atoms with Crippen molar-refractivity contribution in [2.24, 2.45) is 0 Å². The summed E-state index contributed by atoms with van der Waals surface area (Å²) in [5, 5.41) is 10.4. The van der Waals surface area contributed by atoms with Crippen LogP contribution in [0.2, 0.25) is 5.02 Å². The first-order valence-electron chi connectivity index (χ1n) is 11.8. The first-order valence-corrected chi connectivity index (χ1v) is 13.6. The largest absolute Gasteiger partial charge is 0.349 e. The Morgan fingerprint density at radius 2 is 2.11 bits per heavy atom. The van der Waals surface area contributed by atoms with Gasteiger partial charge in [-0.15, -0.1) is 0 Å². The lowest BCUT2D eigenvalue weighted by Crippen LogP contribution is -2.51. The van der Waals surface area contributed by atoms with Crippen molar-refractivity contribution >= 4 is 33.3 Å². The van der Waals surface area contributed by atoms with E-state index in [2.05, 4.69) is 30.5 Å². The Hall–Kier alpha value is -3.11. The smallest absolute Gasteiger partial charge is 0.231 e. The molecule has 2 aromatic heterocycles. The number of anilines is 1. The summed E-state index contributed by atoms with van der Waals surface area (Å²) in [6, 6.07) is 5.00. The highest BCUT2D eigenvalue weighted by molar-refractivity contribution is 7.89. The van der Waals surface area contributed by atoms with Crippen LogP contribution in [0.4, 0.5) is 16.0 Å². The number of nitrogens with one attached hydrogen (secondary N) is 2. The highest BCUT2D eigenvalue weighted by atomic mass is 35.5. The van der Waals surface area contributed by atoms with E-state index in [1.165, 1.54) is 10.5 Å². The van der Waals surface area contributed by atoms with Crippen molar-refractivity contribution in [3.05, 3.63) is 58.8 Å². The van der Waals surface area contributed by atoms with Crippen molar-refractivity contribution < 1.29 is 12.8 Å². The summed E-state index contributed by atoms with van der Waals surface area (Å²) >= 11 is 6.47. The minimum absolute atomic E-state index is 0.150. The van der Waals surface area contributed by atoms with E-state index >= 15 is 0 Å². The summed E-state index contributed by atoms with van der Waals surface area (Å²) in [7, 11) is -1.67. The van der Waals surface area contributed by atoms with Gasteiger partial charge in [0.2, 0.25) is 21.7 Å². The third-order valence-corrected chi connectivity index (χ3v) is 8.71. The quantitative estimate of drug-likeness (QED) is 0.413. The Bertz CT molecular complexity index is 1420. The van der Waals surface area contributed by atoms with Crippen molar-refractivity contribution in [1.82, 2.24) is 29.4 Å². The standard InChI is InChI=1S/C24H28ClFN8O2S/c1-15(2)37(35,36)33-8-7-20(19(26)14-33)31-24-29-12-21(28-4)23(32-24)17-11-30-34(13-17)22-6-5-16(10-27-3)9-18(22)25/h5-6,9,11-13,15,19-20,27H,7-8,10,14H2,1-3H3,(H,29,31,32)/t19-,20+/m1/s1. The minimum Gasteiger partial charge on any atom is -0.349 e. The van der Waals surface area contributed by atoms with Crippen LogP contribution in [0.5, 0.6) is 0 Å². The predicted molar refractivity (Wildman–Crippen MR) is 141 cm³/mol. The van der Waals surface area contributed by atoms with Gasteiger partial charge in [0.05, 0.1) is 40.5 Å². The van der Waals surface area contributed by atoms with E-state index in [0.29, 0.717) is 28.5 Å². The molecule has 196 valence electrons. The molecule has 0 saturated carbocycles. The van der Waals surface area contributed by atoms with Crippen molar-refractivity contribution in [1.29, 1.82) is 0 Å². The third kappa shape index (κ3) is 5.75. The monoisotopic (exact) mass is 546 g/mol. The van der Waals surface area contributed by atoms with Crippen LogP contribution in [0.1, 0.15) is 25.8 Å². The van der Waals surface area contributed by atoms with Gasteiger partial charge in [-0.2, -0.15) is 9.40 Å². The van der Waals surface area contributed by atoms with E-state index in [-0.39, 0.29) is 31.1 Å². The van der Waals surface area contributed by atoms with Gasteiger partial charge < -0.3 is 10.6 Å². The molecule has 2 atom stereocenters. The molecule has 0 radical (unpaired) electrons. The zero-order valence-electron chi connectivity index (χ0n) is 20.7. The van der Waals surface area contributed by atoms with E-state index in [1.807, 2.05) is 25.2 Å². The van der Waals surface area contributed by atoms with Crippen LogP contribution < -0.4 is 10.6 Å². The van der Waals surface area contributed by atoms with Gasteiger partial charge in [-0.05, 0) is 45.0 Å². The van der Waals surface area contributed by atoms with E-state index < -0.39 is 27.5 Å². The molecular formula is C24H28ClFN8O2S. The minimum atomic E-state index is -3.53. The van der Waals surface area contributed by atoms with E-state index in [0.717, 1.165) is 5.56 Å². The number of hydrogen-bond donors (Lipinski definition) is 2. The van der Waals surface area contributed by atoms with Gasteiger partial charge >= 0.3 is 0 Å². The van der Waals surface area contributed by atoms with Crippen molar-refractivity contribution in [3.8, 4) is 16.9 Å². The molecule has 10 nitrogen and oxygen atoms in total. The Balaban J connectivity index is 1.55. The molecule has 4 rings (SSSR count). The normalized spacial score (nSPS) is 18.6. The van der Waals surface area contributed by atoms with Crippen LogP contribution in [-0.2, 0) is 16.6 Å². The van der Waals surface area contributed by atoms with Gasteiger partial charge in [0.25, 0.3) is 0 Å². The molecular weight excluding hydrogens is 519 g/mol. The average Bonchev–Trinajstić information content (AvgIpc) is 3.35. The number of piperidine rings is 1. The summed E-state index contributed by atoms with van der Waals surface area (Å²) in [4.78, 5) is 12.2. The molecule has 13 heteroatoms. The lowest BCUT2D eigenvalue weighted by Gasteiger charge is -2.35. The van der Waals surface area contributed by atoms with Gasteiger partial charge in [0.1, 0.15) is 6.17 Å². The second-order valence-corrected chi connectivity index (χ2v) is 11.9. The Morgan fingerprint density at radius 3 is 2.76 bits per heavy atom. The molecule has 0 bridgehead atoms. The highest BCUT2D eigenvalue weighted by Gasteiger charge is 2.36. The average molecular weight is 547 g/mol. The van der Waals surface area contributed by atoms with Gasteiger partial charge in [0.15, 0.2) is 0 Å². The Labute approximate surface area is 220 Å². The van der Waals surface area contributed by atoms with Crippen molar-refractivity contribution in [2.75, 3.05) is 25.5 Å². The maximum Gasteiger partial charge on any atom is 0.231 e. The summed E-state index contributed by atoms with van der Waals surface area (Å²) in [6.45, 7) is 11.3. The Kier molecular flexibility index (Phi) is 8.08. The summed E-state index contributed by atoms with van der Waals surface area (Å²) in [5.41, 5.74) is 2.84. The third-order valence-electron chi connectivity index (χ3n) is 6.16. The first kappa shape index (κ1) is 26.9. The molecule has 1 aromatic carbocycles. The van der Waals surface area contributed by atoms with Crippen LogP contribution in [0, 0.1) is 6.57 Å². The number of hydrogen-bond acceptors (Lipinski definition) is 7. The molecule has 2 N–H and O–H groups in total. The summed E-state index contributed by atoms with van der Waals surface area (Å²) in [6.07, 6.45) is 3.49. The fraction of sp³-hybridized carbons (Fsp3) is 0.417. The molecule has 3 heterocycles. The fourth-order valence-corrected chi connectivity index (χ4v) is 5.70. The second kappa shape index (κ2) is 11.1. The van der Waals surface area contributed by atoms with Crippen LogP contribution in [0.25, 0.3) is 21.8 Å². The van der Waals surface area contributed by atoms with Gasteiger partial charge in [-0.1, -0.05) is 17.7 Å². The van der Waals surface area contributed by atoms with E-state index in [9.17, 15) is 12.8 Å². The summed E-state index contributed by atoms with van der Waals surface area (Å²) < 4.78 is 42.6. The maximum absolute atomic E-state index is 14.9. The lowest BCUT2D eigenvalue weighted by atomic mass is 10.1. The molecule has 37 heavy (non-hydrogen) atoms. The zero-order valence-corrected chi connectivity index (χ0v) is 22.3. The van der Waals surface area contributed by atoms with E-state index in [1.54, 1.807) is 30.9 Å². The SMILES string of the molecule is [C-]#[N+]c1cnc(N[C@H]2CCN(S(=O)(=O)C(C)C)C[C@H]2F)nc1-c1cnn(-c2ccc(CNC)cc2Cl)c1. The van der Waals surface area contributed by atoms with Crippen molar-refractivity contribution in [3.63, 3.8) is 0 Å². The summed E-state index contributed by atoms with van der Waals surface area (Å²) in [5.74, 6) is 0.150.